The molecule has 0 aliphatic carbocycles. The van der Waals surface area contributed by atoms with Gasteiger partial charge in [-0.2, -0.15) is 10.4 Å². The number of nitrogens with zero attached hydrogens (tertiary/aromatic N) is 2. The second kappa shape index (κ2) is 5.61. The second-order valence-electron chi connectivity index (χ2n) is 2.85. The Hall–Kier alpha value is -1.65. The Bertz CT molecular complexity index is 514. The summed E-state index contributed by atoms with van der Waals surface area (Å²) in [7, 11) is 0. The fraction of sp³-hybridized carbons (Fsp3) is 0. The number of benzene rings is 1. The molecule has 5 nitrogen and oxygen atoms in total. The minimum absolute atomic E-state index is 0.140. The molecule has 8 heteroatoms. The van der Waals surface area contributed by atoms with Gasteiger partial charge in [0.05, 0.1) is 15.2 Å². The van der Waals surface area contributed by atoms with Crippen LogP contribution >= 0.6 is 27.5 Å². The van der Waals surface area contributed by atoms with Crippen LogP contribution in [0.15, 0.2) is 21.7 Å². The lowest BCUT2D eigenvalue weighted by Crippen LogP contribution is -2.21. The standard InChI is InChI=1S/C9H6BrClFN5/c10-8-5(11)1-4(2-6(8)12)16-17-7(3-13)9(14)15/h1-2,16H,(H3,14,15)/b17-7+. The van der Waals surface area contributed by atoms with Gasteiger partial charge in [0.15, 0.2) is 5.84 Å². The summed E-state index contributed by atoms with van der Waals surface area (Å²) in [4.78, 5) is 0. The lowest BCUT2D eigenvalue weighted by atomic mass is 10.3. The highest BCUT2D eigenvalue weighted by Crippen LogP contribution is 2.28. The summed E-state index contributed by atoms with van der Waals surface area (Å²) in [5, 5.41) is 19.3. The fourth-order valence-electron chi connectivity index (χ4n) is 0.886. The van der Waals surface area contributed by atoms with E-state index in [4.69, 9.17) is 28.0 Å². The topological polar surface area (TPSA) is 98.0 Å². The number of amidine groups is 1. The van der Waals surface area contributed by atoms with Gasteiger partial charge < -0.3 is 5.73 Å². The smallest absolute Gasteiger partial charge is 0.201 e. The Balaban J connectivity index is 2.98. The van der Waals surface area contributed by atoms with Crippen molar-refractivity contribution in [1.82, 2.24) is 0 Å². The third-order valence-corrected chi connectivity index (χ3v) is 2.97. The molecule has 88 valence electrons. The molecular formula is C9H6BrClFN5. The molecule has 0 aromatic heterocycles. The minimum atomic E-state index is -0.573. The predicted molar refractivity (Wildman–Crippen MR) is 67.7 cm³/mol. The molecule has 0 atom stereocenters. The Morgan fingerprint density at radius 1 is 1.65 bits per heavy atom. The number of halogens is 3. The molecule has 0 radical (unpaired) electrons. The van der Waals surface area contributed by atoms with Crippen molar-refractivity contribution in [3.63, 3.8) is 0 Å². The fourth-order valence-corrected chi connectivity index (χ4v) is 1.32. The van der Waals surface area contributed by atoms with Gasteiger partial charge >= 0.3 is 0 Å². The molecule has 0 amide bonds. The van der Waals surface area contributed by atoms with Crippen molar-refractivity contribution in [2.45, 2.75) is 0 Å². The molecule has 0 fully saturated rings. The number of hydrogen-bond acceptors (Lipinski definition) is 4. The Morgan fingerprint density at radius 2 is 2.29 bits per heavy atom. The van der Waals surface area contributed by atoms with Crippen LogP contribution in [0.3, 0.4) is 0 Å². The van der Waals surface area contributed by atoms with E-state index in [0.29, 0.717) is 0 Å². The second-order valence-corrected chi connectivity index (χ2v) is 4.05. The van der Waals surface area contributed by atoms with Gasteiger partial charge in [0, 0.05) is 6.07 Å². The maximum atomic E-state index is 13.3. The molecule has 1 rings (SSSR count). The highest BCUT2D eigenvalue weighted by Gasteiger charge is 2.07. The SMILES string of the molecule is N#C/C(=N\Nc1cc(F)c(Br)c(Cl)c1)C(=N)N. The zero-order chi connectivity index (χ0) is 13.0. The summed E-state index contributed by atoms with van der Waals surface area (Å²) < 4.78 is 13.4. The molecule has 0 heterocycles. The largest absolute Gasteiger partial charge is 0.382 e. The zero-order valence-electron chi connectivity index (χ0n) is 8.26. The van der Waals surface area contributed by atoms with Gasteiger partial charge in [0.25, 0.3) is 0 Å². The summed E-state index contributed by atoms with van der Waals surface area (Å²) in [5.74, 6) is -1.06. The lowest BCUT2D eigenvalue weighted by molar-refractivity contribution is 0.621. The van der Waals surface area contributed by atoms with Crippen molar-refractivity contribution in [3.05, 3.63) is 27.4 Å². The van der Waals surface area contributed by atoms with Gasteiger partial charge in [-0.05, 0) is 22.0 Å². The average Bonchev–Trinajstić information content (AvgIpc) is 2.26. The monoisotopic (exact) mass is 317 g/mol. The highest BCUT2D eigenvalue weighted by molar-refractivity contribution is 9.10. The van der Waals surface area contributed by atoms with Crippen molar-refractivity contribution in [3.8, 4) is 6.07 Å². The molecule has 0 spiro atoms. The first-order valence-electron chi connectivity index (χ1n) is 4.18. The van der Waals surface area contributed by atoms with E-state index in [1.54, 1.807) is 6.07 Å². The number of nitrogens with one attached hydrogen (secondary N) is 2. The Kier molecular flexibility index (Phi) is 4.43. The van der Waals surface area contributed by atoms with Crippen molar-refractivity contribution in [1.29, 1.82) is 10.7 Å². The summed E-state index contributed by atoms with van der Waals surface area (Å²) >= 11 is 8.68. The molecule has 0 aliphatic heterocycles. The molecule has 0 saturated carbocycles. The maximum Gasteiger partial charge on any atom is 0.201 e. The van der Waals surface area contributed by atoms with Crippen LogP contribution in [0.5, 0.6) is 0 Å². The van der Waals surface area contributed by atoms with E-state index in [1.165, 1.54) is 6.07 Å². The van der Waals surface area contributed by atoms with Crippen LogP contribution in [-0.4, -0.2) is 11.5 Å². The zero-order valence-corrected chi connectivity index (χ0v) is 10.6. The number of hydrogen-bond donors (Lipinski definition) is 3. The number of nitrogens with two attached hydrogens (primary N) is 1. The lowest BCUT2D eigenvalue weighted by Gasteiger charge is -2.04. The third-order valence-electron chi connectivity index (χ3n) is 1.64. The number of nitriles is 1. The molecular weight excluding hydrogens is 312 g/mol. The third kappa shape index (κ3) is 3.41. The van der Waals surface area contributed by atoms with Crippen LogP contribution in [0.4, 0.5) is 10.1 Å². The molecule has 0 unspecified atom stereocenters. The van der Waals surface area contributed by atoms with E-state index in [-0.39, 0.29) is 20.9 Å². The predicted octanol–water partition coefficient (Wildman–Crippen LogP) is 2.47. The van der Waals surface area contributed by atoms with E-state index in [1.807, 2.05) is 0 Å². The number of anilines is 1. The quantitative estimate of drug-likeness (QED) is 0.345. The molecule has 1 aromatic carbocycles. The van der Waals surface area contributed by atoms with Crippen molar-refractivity contribution in [2.75, 3.05) is 5.43 Å². The molecule has 17 heavy (non-hydrogen) atoms. The van der Waals surface area contributed by atoms with Gasteiger partial charge in [-0.1, -0.05) is 11.6 Å². The molecule has 4 N–H and O–H groups in total. The van der Waals surface area contributed by atoms with Crippen LogP contribution in [0, 0.1) is 22.6 Å². The number of rotatable bonds is 3. The maximum absolute atomic E-state index is 13.3. The van der Waals surface area contributed by atoms with E-state index < -0.39 is 11.7 Å². The van der Waals surface area contributed by atoms with E-state index in [2.05, 4.69) is 26.5 Å². The molecule has 0 bridgehead atoms. The number of hydrazone groups is 1. The van der Waals surface area contributed by atoms with Gasteiger partial charge in [0.2, 0.25) is 5.71 Å². The minimum Gasteiger partial charge on any atom is -0.382 e. The van der Waals surface area contributed by atoms with Crippen LogP contribution in [0.1, 0.15) is 0 Å². The van der Waals surface area contributed by atoms with Crippen molar-refractivity contribution in [2.24, 2.45) is 10.8 Å². The van der Waals surface area contributed by atoms with Crippen LogP contribution in [0.2, 0.25) is 5.02 Å². The highest BCUT2D eigenvalue weighted by atomic mass is 79.9. The van der Waals surface area contributed by atoms with Crippen LogP contribution in [-0.2, 0) is 0 Å². The Morgan fingerprint density at radius 3 is 2.76 bits per heavy atom. The summed E-state index contributed by atoms with van der Waals surface area (Å²) in [6, 6.07) is 4.16. The summed E-state index contributed by atoms with van der Waals surface area (Å²) in [5.41, 5.74) is 7.40. The van der Waals surface area contributed by atoms with E-state index >= 15 is 0 Å². The summed E-state index contributed by atoms with van der Waals surface area (Å²) in [6.07, 6.45) is 0. The average molecular weight is 319 g/mol. The molecule has 1 aromatic rings. The molecule has 0 aliphatic rings. The van der Waals surface area contributed by atoms with E-state index in [0.717, 1.165) is 6.07 Å². The summed E-state index contributed by atoms with van der Waals surface area (Å²) in [6.45, 7) is 0. The van der Waals surface area contributed by atoms with Crippen molar-refractivity contribution < 1.29 is 4.39 Å². The normalized spacial score (nSPS) is 10.8. The van der Waals surface area contributed by atoms with Crippen molar-refractivity contribution >= 4 is 44.8 Å². The first kappa shape index (κ1) is 13.4. The first-order valence-corrected chi connectivity index (χ1v) is 5.35. The first-order chi connectivity index (χ1) is 7.95. The van der Waals surface area contributed by atoms with Gasteiger partial charge in [-0.3, -0.25) is 10.8 Å². The van der Waals surface area contributed by atoms with Crippen LogP contribution < -0.4 is 11.2 Å². The molecule has 0 saturated heterocycles. The van der Waals surface area contributed by atoms with Gasteiger partial charge in [-0.25, -0.2) is 4.39 Å². The van der Waals surface area contributed by atoms with Gasteiger partial charge in [-0.15, -0.1) is 0 Å². The van der Waals surface area contributed by atoms with Crippen LogP contribution in [0.25, 0.3) is 0 Å². The van der Waals surface area contributed by atoms with Gasteiger partial charge in [0.1, 0.15) is 11.9 Å². The van der Waals surface area contributed by atoms with E-state index in [9.17, 15) is 4.39 Å². The Labute approximate surface area is 110 Å².